The molecule has 0 unspecified atom stereocenters. The average Bonchev–Trinajstić information content (AvgIpc) is 2.98. The van der Waals surface area contributed by atoms with Crippen molar-refractivity contribution >= 4 is 23.2 Å². The second-order valence-corrected chi connectivity index (χ2v) is 8.26. The van der Waals surface area contributed by atoms with Crippen molar-refractivity contribution in [3.05, 3.63) is 56.8 Å². The summed E-state index contributed by atoms with van der Waals surface area (Å²) in [5.74, 6) is 0.0301. The van der Waals surface area contributed by atoms with Crippen molar-refractivity contribution in [3.63, 3.8) is 0 Å². The zero-order chi connectivity index (χ0) is 18.7. The van der Waals surface area contributed by atoms with Gasteiger partial charge < -0.3 is 15.1 Å². The monoisotopic (exact) mass is 371 g/mol. The molecule has 3 rings (SSSR count). The van der Waals surface area contributed by atoms with E-state index in [2.05, 4.69) is 17.3 Å². The van der Waals surface area contributed by atoms with Crippen LogP contribution in [0.3, 0.4) is 0 Å². The Morgan fingerprint density at radius 2 is 1.73 bits per heavy atom. The molecule has 1 aliphatic heterocycles. The predicted molar refractivity (Wildman–Crippen MR) is 105 cm³/mol. The van der Waals surface area contributed by atoms with Crippen molar-refractivity contribution in [3.8, 4) is 0 Å². The summed E-state index contributed by atoms with van der Waals surface area (Å²) in [5.41, 5.74) is 2.43. The van der Waals surface area contributed by atoms with E-state index in [0.717, 1.165) is 47.1 Å². The number of thiophene rings is 1. The number of piperazine rings is 1. The summed E-state index contributed by atoms with van der Waals surface area (Å²) in [4.78, 5) is 31.1. The Labute approximate surface area is 158 Å². The zero-order valence-corrected chi connectivity index (χ0v) is 16.4. The van der Waals surface area contributed by atoms with Crippen molar-refractivity contribution in [2.24, 2.45) is 0 Å². The van der Waals surface area contributed by atoms with E-state index in [1.807, 2.05) is 49.1 Å². The lowest BCUT2D eigenvalue weighted by atomic mass is 10.1. The molecule has 1 aromatic carbocycles. The number of likely N-dealkylation sites (N-methyl/N-ethyl adjacent to an activating group) is 1. The molecular weight excluding hydrogens is 346 g/mol. The van der Waals surface area contributed by atoms with E-state index in [1.165, 1.54) is 0 Å². The second-order valence-electron chi connectivity index (χ2n) is 6.80. The van der Waals surface area contributed by atoms with Crippen LogP contribution in [0.25, 0.3) is 0 Å². The van der Waals surface area contributed by atoms with Gasteiger partial charge in [-0.1, -0.05) is 12.1 Å². The predicted octanol–water partition coefficient (Wildman–Crippen LogP) is 2.68. The number of rotatable bonds is 4. The first-order valence-corrected chi connectivity index (χ1v) is 9.67. The van der Waals surface area contributed by atoms with E-state index in [-0.39, 0.29) is 11.8 Å². The second kappa shape index (κ2) is 8.01. The van der Waals surface area contributed by atoms with E-state index in [4.69, 9.17) is 0 Å². The van der Waals surface area contributed by atoms with Crippen molar-refractivity contribution < 1.29 is 9.59 Å². The molecular formula is C20H25N3O2S. The number of nitrogens with zero attached hydrogens (tertiary/aromatic N) is 2. The van der Waals surface area contributed by atoms with Crippen molar-refractivity contribution in [1.29, 1.82) is 0 Å². The van der Waals surface area contributed by atoms with Crippen LogP contribution in [0.15, 0.2) is 30.3 Å². The van der Waals surface area contributed by atoms with Crippen molar-refractivity contribution in [1.82, 2.24) is 15.1 Å². The summed E-state index contributed by atoms with van der Waals surface area (Å²) in [7, 11) is 2.07. The summed E-state index contributed by atoms with van der Waals surface area (Å²) >= 11 is 1.63. The number of nitrogens with one attached hydrogen (secondary N) is 1. The Bertz CT molecular complexity index is 790. The number of carbonyl (C=O) groups is 2. The quantitative estimate of drug-likeness (QED) is 0.899. The van der Waals surface area contributed by atoms with Gasteiger partial charge in [-0.2, -0.15) is 0 Å². The molecule has 2 heterocycles. The number of benzene rings is 1. The third-order valence-electron chi connectivity index (χ3n) is 4.73. The molecule has 1 aromatic heterocycles. The van der Waals surface area contributed by atoms with Gasteiger partial charge >= 0.3 is 0 Å². The van der Waals surface area contributed by atoms with Crippen LogP contribution in [0.5, 0.6) is 0 Å². The molecule has 0 spiro atoms. The SMILES string of the molecule is Cc1cc(C(=O)NCc2ccc(C(=O)N3CCN(C)CC3)cc2)c(C)s1. The summed E-state index contributed by atoms with van der Waals surface area (Å²) in [6.45, 7) is 7.79. The van der Waals surface area contributed by atoms with Gasteiger partial charge in [0, 0.05) is 48.0 Å². The molecule has 0 bridgehead atoms. The molecule has 1 fully saturated rings. The third-order valence-corrected chi connectivity index (χ3v) is 5.70. The Kier molecular flexibility index (Phi) is 5.74. The number of carbonyl (C=O) groups excluding carboxylic acids is 2. The van der Waals surface area contributed by atoms with Crippen LogP contribution in [0.4, 0.5) is 0 Å². The highest BCUT2D eigenvalue weighted by atomic mass is 32.1. The number of hydrogen-bond donors (Lipinski definition) is 1. The Hall–Kier alpha value is -2.18. The first-order chi connectivity index (χ1) is 12.4. The molecule has 0 radical (unpaired) electrons. The first kappa shape index (κ1) is 18.6. The molecule has 0 aliphatic carbocycles. The zero-order valence-electron chi connectivity index (χ0n) is 15.5. The minimum atomic E-state index is -0.0514. The van der Waals surface area contributed by atoms with Gasteiger partial charge in [0.1, 0.15) is 0 Å². The maximum Gasteiger partial charge on any atom is 0.253 e. The van der Waals surface area contributed by atoms with Crippen LogP contribution in [0, 0.1) is 13.8 Å². The van der Waals surface area contributed by atoms with Crippen LogP contribution in [0.2, 0.25) is 0 Å². The summed E-state index contributed by atoms with van der Waals surface area (Å²) in [6.07, 6.45) is 0. The maximum atomic E-state index is 12.5. The fraction of sp³-hybridized carbons (Fsp3) is 0.400. The Morgan fingerprint density at radius 3 is 2.31 bits per heavy atom. The summed E-state index contributed by atoms with van der Waals surface area (Å²) < 4.78 is 0. The van der Waals surface area contributed by atoms with Crippen molar-refractivity contribution in [2.45, 2.75) is 20.4 Å². The van der Waals surface area contributed by atoms with Gasteiger partial charge in [-0.15, -0.1) is 11.3 Å². The maximum absolute atomic E-state index is 12.5. The molecule has 1 saturated heterocycles. The summed E-state index contributed by atoms with van der Waals surface area (Å²) in [6, 6.07) is 9.45. The smallest absolute Gasteiger partial charge is 0.253 e. The lowest BCUT2D eigenvalue weighted by Gasteiger charge is -2.32. The number of aryl methyl sites for hydroxylation is 2. The van der Waals surface area contributed by atoms with E-state index >= 15 is 0 Å². The average molecular weight is 372 g/mol. The lowest BCUT2D eigenvalue weighted by Crippen LogP contribution is -2.47. The first-order valence-electron chi connectivity index (χ1n) is 8.86. The molecule has 5 nitrogen and oxygen atoms in total. The van der Waals surface area contributed by atoms with Gasteiger partial charge in [-0.3, -0.25) is 9.59 Å². The molecule has 0 atom stereocenters. The minimum Gasteiger partial charge on any atom is -0.348 e. The fourth-order valence-electron chi connectivity index (χ4n) is 3.09. The Balaban J connectivity index is 1.57. The molecule has 2 aromatic rings. The van der Waals surface area contributed by atoms with Crippen LogP contribution in [-0.2, 0) is 6.54 Å². The highest BCUT2D eigenvalue weighted by molar-refractivity contribution is 7.12. The molecule has 0 saturated carbocycles. The van der Waals surface area contributed by atoms with Crippen LogP contribution >= 0.6 is 11.3 Å². The molecule has 1 aliphatic rings. The molecule has 26 heavy (non-hydrogen) atoms. The highest BCUT2D eigenvalue weighted by Crippen LogP contribution is 2.20. The van der Waals surface area contributed by atoms with Gasteiger partial charge in [-0.25, -0.2) is 0 Å². The standard InChI is InChI=1S/C20H25N3O2S/c1-14-12-18(15(2)26-14)19(24)21-13-16-4-6-17(7-5-16)20(25)23-10-8-22(3)9-11-23/h4-7,12H,8-11,13H2,1-3H3,(H,21,24). The highest BCUT2D eigenvalue weighted by Gasteiger charge is 2.20. The molecule has 2 amide bonds. The number of hydrogen-bond acceptors (Lipinski definition) is 4. The van der Waals surface area contributed by atoms with E-state index in [9.17, 15) is 9.59 Å². The largest absolute Gasteiger partial charge is 0.348 e. The lowest BCUT2D eigenvalue weighted by molar-refractivity contribution is 0.0664. The van der Waals surface area contributed by atoms with Gasteiger partial charge in [0.05, 0.1) is 5.56 Å². The van der Waals surface area contributed by atoms with E-state index in [1.54, 1.807) is 11.3 Å². The third kappa shape index (κ3) is 4.31. The van der Waals surface area contributed by atoms with Gasteiger partial charge in [-0.05, 0) is 44.7 Å². The van der Waals surface area contributed by atoms with E-state index in [0.29, 0.717) is 12.1 Å². The molecule has 138 valence electrons. The molecule has 6 heteroatoms. The minimum absolute atomic E-state index is 0.0514. The fourth-order valence-corrected chi connectivity index (χ4v) is 4.01. The number of amides is 2. The topological polar surface area (TPSA) is 52.7 Å². The Morgan fingerprint density at radius 1 is 1.08 bits per heavy atom. The molecule has 1 N–H and O–H groups in total. The normalized spacial score (nSPS) is 15.1. The summed E-state index contributed by atoms with van der Waals surface area (Å²) in [5, 5.41) is 2.95. The van der Waals surface area contributed by atoms with E-state index < -0.39 is 0 Å². The van der Waals surface area contributed by atoms with Crippen LogP contribution in [0.1, 0.15) is 36.0 Å². The van der Waals surface area contributed by atoms with Crippen LogP contribution in [-0.4, -0.2) is 54.8 Å². The van der Waals surface area contributed by atoms with Gasteiger partial charge in [0.2, 0.25) is 0 Å². The van der Waals surface area contributed by atoms with Gasteiger partial charge in [0.25, 0.3) is 11.8 Å². The van der Waals surface area contributed by atoms with Gasteiger partial charge in [0.15, 0.2) is 0 Å². The van der Waals surface area contributed by atoms with Crippen LogP contribution < -0.4 is 5.32 Å². The van der Waals surface area contributed by atoms with Crippen molar-refractivity contribution in [2.75, 3.05) is 33.2 Å².